The molecule has 4 heteroatoms. The van der Waals surface area contributed by atoms with E-state index >= 15 is 0 Å². The molecule has 0 aliphatic heterocycles. The Morgan fingerprint density at radius 3 is 2.04 bits per heavy atom. The Bertz CT molecular complexity index is 684. The number of ether oxygens (including phenoxy) is 2. The van der Waals surface area contributed by atoms with Crippen LogP contribution in [0.1, 0.15) is 28.4 Å². The molecule has 1 atom stereocenters. The summed E-state index contributed by atoms with van der Waals surface area (Å²) in [6, 6.07) is 14.3. The molecule has 0 aliphatic rings. The minimum Gasteiger partial charge on any atom is -0.478 e. The maximum Gasteiger partial charge on any atom is 0.335 e. The van der Waals surface area contributed by atoms with Crippen molar-refractivity contribution >= 4 is 18.1 Å². The van der Waals surface area contributed by atoms with Crippen LogP contribution in [0.25, 0.3) is 12.2 Å². The van der Waals surface area contributed by atoms with Gasteiger partial charge in [0, 0.05) is 6.92 Å². The molecule has 4 nitrogen and oxygen atoms in total. The lowest BCUT2D eigenvalue weighted by Gasteiger charge is -2.13. The lowest BCUT2D eigenvalue weighted by Crippen LogP contribution is -2.12. The van der Waals surface area contributed by atoms with E-state index in [1.165, 1.54) is 6.26 Å². The molecule has 0 saturated heterocycles. The van der Waals surface area contributed by atoms with Crippen LogP contribution < -0.4 is 4.74 Å². The monoisotopic (exact) mass is 310 g/mol. The number of hydrogen-bond donors (Lipinski definition) is 1. The molecule has 1 N–H and O–H groups in total. The van der Waals surface area contributed by atoms with Crippen LogP contribution in [0.2, 0.25) is 0 Å². The second-order valence-corrected chi connectivity index (χ2v) is 4.82. The number of hydrogen-bond acceptors (Lipinski definition) is 3. The van der Waals surface area contributed by atoms with Gasteiger partial charge in [0.05, 0.1) is 11.8 Å². The molecule has 0 spiro atoms. The van der Waals surface area contributed by atoms with Crippen LogP contribution in [-0.2, 0) is 4.74 Å². The lowest BCUT2D eigenvalue weighted by molar-refractivity contribution is -0.0131. The fraction of sp³-hybridized carbons (Fsp3) is 0.105. The molecule has 2 aromatic rings. The molecule has 2 aromatic carbocycles. The fourth-order valence-electron chi connectivity index (χ4n) is 1.94. The van der Waals surface area contributed by atoms with Crippen molar-refractivity contribution in [2.24, 2.45) is 0 Å². The van der Waals surface area contributed by atoms with Crippen LogP contribution in [0.15, 0.2) is 61.4 Å². The molecule has 0 aliphatic carbocycles. The van der Waals surface area contributed by atoms with Crippen LogP contribution in [-0.4, -0.2) is 17.4 Å². The molecule has 0 heterocycles. The van der Waals surface area contributed by atoms with E-state index in [2.05, 4.69) is 6.58 Å². The Hall–Kier alpha value is -3.01. The van der Waals surface area contributed by atoms with Gasteiger partial charge >= 0.3 is 5.97 Å². The highest BCUT2D eigenvalue weighted by molar-refractivity contribution is 5.88. The summed E-state index contributed by atoms with van der Waals surface area (Å²) >= 11 is 0. The van der Waals surface area contributed by atoms with E-state index in [9.17, 15) is 4.79 Å². The quantitative estimate of drug-likeness (QED) is 0.466. The van der Waals surface area contributed by atoms with Crippen molar-refractivity contribution in [2.45, 2.75) is 13.2 Å². The van der Waals surface area contributed by atoms with E-state index in [0.717, 1.165) is 11.1 Å². The van der Waals surface area contributed by atoms with E-state index in [1.54, 1.807) is 31.2 Å². The maximum absolute atomic E-state index is 10.8. The van der Waals surface area contributed by atoms with Crippen molar-refractivity contribution in [1.29, 1.82) is 0 Å². The molecule has 0 bridgehead atoms. The summed E-state index contributed by atoms with van der Waals surface area (Å²) in [5, 5.41) is 8.86. The van der Waals surface area contributed by atoms with Crippen molar-refractivity contribution in [3.05, 3.63) is 78.1 Å². The topological polar surface area (TPSA) is 55.8 Å². The van der Waals surface area contributed by atoms with Crippen molar-refractivity contribution in [2.75, 3.05) is 0 Å². The summed E-state index contributed by atoms with van der Waals surface area (Å²) in [4.78, 5) is 10.8. The minimum atomic E-state index is -0.925. The molecule has 0 saturated carbocycles. The Kier molecular flexibility index (Phi) is 5.58. The summed E-state index contributed by atoms with van der Waals surface area (Å²) < 4.78 is 10.6. The highest BCUT2D eigenvalue weighted by Crippen LogP contribution is 2.16. The third-order valence-electron chi connectivity index (χ3n) is 3.10. The summed E-state index contributed by atoms with van der Waals surface area (Å²) in [7, 11) is 0. The van der Waals surface area contributed by atoms with E-state index in [0.29, 0.717) is 5.75 Å². The molecule has 0 aromatic heterocycles. The number of carboxylic acids is 1. The van der Waals surface area contributed by atoms with Gasteiger partial charge in [0.2, 0.25) is 6.29 Å². The summed E-state index contributed by atoms with van der Waals surface area (Å²) in [6.45, 7) is 5.27. The Morgan fingerprint density at radius 1 is 1.04 bits per heavy atom. The van der Waals surface area contributed by atoms with Gasteiger partial charge in [-0.3, -0.25) is 0 Å². The molecule has 1 unspecified atom stereocenters. The van der Waals surface area contributed by atoms with Gasteiger partial charge < -0.3 is 14.6 Å². The number of carboxylic acid groups (broad SMARTS) is 1. The van der Waals surface area contributed by atoms with E-state index < -0.39 is 5.97 Å². The summed E-state index contributed by atoms with van der Waals surface area (Å²) in [5.74, 6) is -0.215. The molecule has 0 amide bonds. The third-order valence-corrected chi connectivity index (χ3v) is 3.10. The van der Waals surface area contributed by atoms with Crippen molar-refractivity contribution in [3.63, 3.8) is 0 Å². The lowest BCUT2D eigenvalue weighted by atomic mass is 10.1. The standard InChI is InChI=1S/C19H18O4/c1-3-22-14(2)23-18-12-8-16(9-13-18)5-4-15-6-10-17(11-7-15)19(20)21/h3-14H,1H2,2H3,(H,20,21)/b5-4+. The van der Waals surface area contributed by atoms with Crippen molar-refractivity contribution in [3.8, 4) is 5.75 Å². The minimum absolute atomic E-state index is 0.277. The van der Waals surface area contributed by atoms with Crippen molar-refractivity contribution < 1.29 is 19.4 Å². The highest BCUT2D eigenvalue weighted by atomic mass is 16.7. The zero-order chi connectivity index (χ0) is 16.7. The number of benzene rings is 2. The Morgan fingerprint density at radius 2 is 1.57 bits per heavy atom. The summed E-state index contributed by atoms with van der Waals surface area (Å²) in [5.41, 5.74) is 2.22. The van der Waals surface area contributed by atoms with E-state index in [-0.39, 0.29) is 11.9 Å². The first kappa shape index (κ1) is 16.4. The van der Waals surface area contributed by atoms with Crippen LogP contribution in [0, 0.1) is 0 Å². The molecule has 23 heavy (non-hydrogen) atoms. The van der Waals surface area contributed by atoms with Gasteiger partial charge in [0.1, 0.15) is 5.75 Å². The zero-order valence-electron chi connectivity index (χ0n) is 12.8. The first-order valence-corrected chi connectivity index (χ1v) is 7.13. The first-order chi connectivity index (χ1) is 11.1. The smallest absolute Gasteiger partial charge is 0.335 e. The average Bonchev–Trinajstić information content (AvgIpc) is 2.55. The fourth-order valence-corrected chi connectivity index (χ4v) is 1.94. The summed E-state index contributed by atoms with van der Waals surface area (Å²) in [6.07, 6.45) is 4.83. The van der Waals surface area contributed by atoms with Crippen molar-refractivity contribution in [1.82, 2.24) is 0 Å². The van der Waals surface area contributed by atoms with Gasteiger partial charge in [-0.25, -0.2) is 4.79 Å². The Balaban J connectivity index is 1.99. The second kappa shape index (κ2) is 7.84. The average molecular weight is 310 g/mol. The zero-order valence-corrected chi connectivity index (χ0v) is 12.8. The van der Waals surface area contributed by atoms with E-state index in [4.69, 9.17) is 14.6 Å². The van der Waals surface area contributed by atoms with Gasteiger partial charge in [-0.2, -0.15) is 0 Å². The first-order valence-electron chi connectivity index (χ1n) is 7.13. The predicted molar refractivity (Wildman–Crippen MR) is 90.1 cm³/mol. The largest absolute Gasteiger partial charge is 0.478 e. The van der Waals surface area contributed by atoms with Crippen LogP contribution in [0.5, 0.6) is 5.75 Å². The van der Waals surface area contributed by atoms with Gasteiger partial charge in [0.25, 0.3) is 0 Å². The van der Waals surface area contributed by atoms with E-state index in [1.807, 2.05) is 36.4 Å². The number of aromatic carboxylic acids is 1. The Labute approximate surface area is 135 Å². The molecular weight excluding hydrogens is 292 g/mol. The molecule has 0 fully saturated rings. The second-order valence-electron chi connectivity index (χ2n) is 4.82. The third kappa shape index (κ3) is 5.04. The van der Waals surface area contributed by atoms with Crippen LogP contribution in [0.3, 0.4) is 0 Å². The van der Waals surface area contributed by atoms with Crippen LogP contribution >= 0.6 is 0 Å². The number of carbonyl (C=O) groups is 1. The van der Waals surface area contributed by atoms with Gasteiger partial charge in [-0.1, -0.05) is 43.0 Å². The molecule has 0 radical (unpaired) electrons. The molecular formula is C19H18O4. The van der Waals surface area contributed by atoms with Crippen LogP contribution in [0.4, 0.5) is 0 Å². The SMILES string of the molecule is C=COC(C)Oc1ccc(/C=C/c2ccc(C(=O)O)cc2)cc1. The maximum atomic E-state index is 10.8. The van der Waals surface area contributed by atoms with Gasteiger partial charge in [-0.05, 0) is 35.4 Å². The van der Waals surface area contributed by atoms with Gasteiger partial charge in [0.15, 0.2) is 0 Å². The van der Waals surface area contributed by atoms with Gasteiger partial charge in [-0.15, -0.1) is 0 Å². The highest BCUT2D eigenvalue weighted by Gasteiger charge is 2.02. The predicted octanol–water partition coefficient (Wildman–Crippen LogP) is 4.44. The molecule has 2 rings (SSSR count). The normalized spacial score (nSPS) is 11.9. The molecule has 118 valence electrons. The number of rotatable bonds is 7.